The van der Waals surface area contributed by atoms with Crippen LogP contribution in [0, 0.1) is 11.8 Å². The molecule has 4 fully saturated rings. The molecular weight excluding hydrogens is 440 g/mol. The van der Waals surface area contributed by atoms with Crippen molar-refractivity contribution in [3.8, 4) is 0 Å². The van der Waals surface area contributed by atoms with Crippen molar-refractivity contribution < 1.29 is 14.7 Å². The van der Waals surface area contributed by atoms with Crippen molar-refractivity contribution in [1.29, 1.82) is 0 Å². The van der Waals surface area contributed by atoms with Crippen LogP contribution < -0.4 is 16.2 Å². The van der Waals surface area contributed by atoms with Gasteiger partial charge < -0.3 is 10.4 Å². The van der Waals surface area contributed by atoms with Crippen LogP contribution in [0.2, 0.25) is 0 Å². The monoisotopic (exact) mass is 482 g/mol. The second-order valence-electron chi connectivity index (χ2n) is 12.1. The first-order valence-electron chi connectivity index (χ1n) is 13.5. The van der Waals surface area contributed by atoms with E-state index < -0.39 is 11.5 Å². The lowest BCUT2D eigenvalue weighted by Crippen LogP contribution is -2.59. The Labute approximate surface area is 209 Å². The van der Waals surface area contributed by atoms with Crippen LogP contribution >= 0.6 is 0 Å². The van der Waals surface area contributed by atoms with Crippen LogP contribution in [0.4, 0.5) is 0 Å². The summed E-state index contributed by atoms with van der Waals surface area (Å²) < 4.78 is 0. The van der Waals surface area contributed by atoms with E-state index in [0.29, 0.717) is 31.7 Å². The molecule has 0 unspecified atom stereocenters. The third kappa shape index (κ3) is 4.80. The minimum atomic E-state index is -0.753. The summed E-state index contributed by atoms with van der Waals surface area (Å²) in [6, 6.07) is 10.8. The number of hydrogen-bond donors (Lipinski definition) is 4. The van der Waals surface area contributed by atoms with Crippen molar-refractivity contribution in [2.75, 3.05) is 20.6 Å². The Balaban J connectivity index is 1.10. The van der Waals surface area contributed by atoms with Crippen molar-refractivity contribution in [3.63, 3.8) is 0 Å². The van der Waals surface area contributed by atoms with Crippen LogP contribution in [0.15, 0.2) is 30.3 Å². The highest BCUT2D eigenvalue weighted by atomic mass is 16.3. The predicted molar refractivity (Wildman–Crippen MR) is 135 cm³/mol. The number of rotatable bonds is 8. The number of nitrogens with zero attached hydrogens (tertiary/aromatic N) is 1. The third-order valence-corrected chi connectivity index (χ3v) is 9.74. The van der Waals surface area contributed by atoms with Gasteiger partial charge in [-0.2, -0.15) is 0 Å². The van der Waals surface area contributed by atoms with Crippen LogP contribution in [0.5, 0.6) is 0 Å². The van der Waals surface area contributed by atoms with Gasteiger partial charge in [0, 0.05) is 24.0 Å². The Morgan fingerprint density at radius 2 is 1.71 bits per heavy atom. The fourth-order valence-electron chi connectivity index (χ4n) is 7.03. The van der Waals surface area contributed by atoms with Gasteiger partial charge in [-0.15, -0.1) is 0 Å². The van der Waals surface area contributed by atoms with Gasteiger partial charge in [-0.25, -0.2) is 0 Å². The number of aliphatic hydroxyl groups is 1. The van der Waals surface area contributed by atoms with Crippen molar-refractivity contribution in [2.45, 2.75) is 93.3 Å². The molecular formula is C28H42N4O3. The molecule has 0 bridgehead atoms. The molecule has 0 radical (unpaired) electrons. The standard InChI is InChI=1S/C28H42N4O3/c1-32(2)27(22-9-4-3-5-10-22)13-11-26(12-14-27)18-24(30-31-26)28(35)16-21(17-28)19-29-25(34)23(33)15-20-7-6-8-20/h3-5,9-10,20-21,24,30-31,35H,6-8,11-19H2,1-2H3,(H,29,34)/t21-,24-,26?,27?,28-/m0/s1. The zero-order chi connectivity index (χ0) is 24.7. The number of benzene rings is 1. The molecule has 5 rings (SSSR count). The zero-order valence-electron chi connectivity index (χ0n) is 21.3. The molecule has 1 spiro atoms. The number of amides is 1. The van der Waals surface area contributed by atoms with Crippen LogP contribution in [0.1, 0.15) is 76.2 Å². The number of carbonyl (C=O) groups is 2. The molecule has 4 N–H and O–H groups in total. The summed E-state index contributed by atoms with van der Waals surface area (Å²) in [5, 5.41) is 14.1. The third-order valence-electron chi connectivity index (χ3n) is 9.74. The quantitative estimate of drug-likeness (QED) is 0.426. The smallest absolute Gasteiger partial charge is 0.287 e. The molecule has 3 aliphatic carbocycles. The van der Waals surface area contributed by atoms with Gasteiger partial charge in [-0.1, -0.05) is 36.8 Å². The first kappa shape index (κ1) is 24.9. The normalized spacial score (nSPS) is 37.1. The molecule has 7 nitrogen and oxygen atoms in total. The highest BCUT2D eigenvalue weighted by Crippen LogP contribution is 2.50. The maximum absolute atomic E-state index is 12.1. The first-order valence-corrected chi connectivity index (χ1v) is 13.5. The fraction of sp³-hybridized carbons (Fsp3) is 0.714. The number of carbonyl (C=O) groups excluding carboxylic acids is 2. The van der Waals surface area contributed by atoms with Gasteiger partial charge in [0.05, 0.1) is 11.6 Å². The maximum atomic E-state index is 12.1. The number of hydrazine groups is 1. The molecule has 192 valence electrons. The Morgan fingerprint density at radius 1 is 1.03 bits per heavy atom. The average molecular weight is 483 g/mol. The van der Waals surface area contributed by atoms with Gasteiger partial charge in [0.2, 0.25) is 5.78 Å². The summed E-state index contributed by atoms with van der Waals surface area (Å²) in [6.07, 6.45) is 10.2. The molecule has 0 aromatic heterocycles. The molecule has 1 atom stereocenters. The van der Waals surface area contributed by atoms with E-state index in [2.05, 4.69) is 65.5 Å². The summed E-state index contributed by atoms with van der Waals surface area (Å²) in [4.78, 5) is 26.6. The van der Waals surface area contributed by atoms with E-state index in [1.54, 1.807) is 0 Å². The molecule has 1 heterocycles. The van der Waals surface area contributed by atoms with E-state index in [-0.39, 0.29) is 28.8 Å². The van der Waals surface area contributed by atoms with E-state index >= 15 is 0 Å². The van der Waals surface area contributed by atoms with Gasteiger partial charge in [-0.05, 0) is 89.3 Å². The molecule has 1 amide bonds. The molecule has 1 saturated heterocycles. The summed E-state index contributed by atoms with van der Waals surface area (Å²) in [5.74, 6) is -0.0956. The first-order chi connectivity index (χ1) is 16.7. The van der Waals surface area contributed by atoms with Crippen LogP contribution in [0.25, 0.3) is 0 Å². The van der Waals surface area contributed by atoms with Gasteiger partial charge >= 0.3 is 0 Å². The molecule has 1 aromatic carbocycles. The molecule has 35 heavy (non-hydrogen) atoms. The lowest BCUT2D eigenvalue weighted by atomic mass is 9.63. The van der Waals surface area contributed by atoms with E-state index in [9.17, 15) is 14.7 Å². The largest absolute Gasteiger partial charge is 0.388 e. The van der Waals surface area contributed by atoms with Crippen molar-refractivity contribution in [2.24, 2.45) is 11.8 Å². The number of Topliss-reactive ketones (excluding diaryl/α,β-unsaturated/α-hetero) is 1. The highest BCUT2D eigenvalue weighted by molar-refractivity contribution is 6.36. The zero-order valence-corrected chi connectivity index (χ0v) is 21.3. The topological polar surface area (TPSA) is 93.7 Å². The van der Waals surface area contributed by atoms with Crippen molar-refractivity contribution in [1.82, 2.24) is 21.1 Å². The molecule has 7 heteroatoms. The highest BCUT2D eigenvalue weighted by Gasteiger charge is 2.55. The van der Waals surface area contributed by atoms with E-state index in [4.69, 9.17) is 0 Å². The molecule has 1 aliphatic heterocycles. The van der Waals surface area contributed by atoms with Gasteiger partial charge in [0.1, 0.15) is 0 Å². The number of ketones is 1. The fourth-order valence-corrected chi connectivity index (χ4v) is 7.03. The minimum absolute atomic E-state index is 0.0123. The Bertz CT molecular complexity index is 915. The maximum Gasteiger partial charge on any atom is 0.287 e. The second kappa shape index (κ2) is 9.58. The van der Waals surface area contributed by atoms with Gasteiger partial charge in [0.25, 0.3) is 5.91 Å². The Kier molecular flexibility index (Phi) is 6.81. The van der Waals surface area contributed by atoms with E-state index in [0.717, 1.165) is 44.9 Å². The SMILES string of the molecule is CN(C)C1(c2ccccc2)CCC2(CC1)C[C@@H]([C@]1(O)C[C@H](CNC(=O)C(=O)CC3CCC3)C1)NN2. The Hall–Kier alpha value is -1.80. The van der Waals surface area contributed by atoms with E-state index in [1.165, 1.54) is 12.0 Å². The van der Waals surface area contributed by atoms with Crippen LogP contribution in [0.3, 0.4) is 0 Å². The second-order valence-corrected chi connectivity index (χ2v) is 12.1. The molecule has 1 aromatic rings. The molecule has 3 saturated carbocycles. The van der Waals surface area contributed by atoms with Crippen molar-refractivity contribution in [3.05, 3.63) is 35.9 Å². The minimum Gasteiger partial charge on any atom is -0.388 e. The number of nitrogens with one attached hydrogen (secondary N) is 3. The van der Waals surface area contributed by atoms with Crippen LogP contribution in [-0.4, -0.2) is 59.5 Å². The predicted octanol–water partition coefficient (Wildman–Crippen LogP) is 2.64. The summed E-state index contributed by atoms with van der Waals surface area (Å²) in [5.41, 5.74) is 7.73. The molecule has 4 aliphatic rings. The lowest BCUT2D eigenvalue weighted by molar-refractivity contribution is -0.139. The van der Waals surface area contributed by atoms with E-state index in [1.807, 2.05) is 0 Å². The van der Waals surface area contributed by atoms with Gasteiger partial charge in [-0.3, -0.25) is 25.3 Å². The average Bonchev–Trinajstić information content (AvgIpc) is 3.23. The van der Waals surface area contributed by atoms with Gasteiger partial charge in [0.15, 0.2) is 0 Å². The van der Waals surface area contributed by atoms with Crippen LogP contribution in [-0.2, 0) is 15.1 Å². The lowest BCUT2D eigenvalue weighted by Gasteiger charge is -2.50. The summed E-state index contributed by atoms with van der Waals surface area (Å²) >= 11 is 0. The Morgan fingerprint density at radius 3 is 2.31 bits per heavy atom. The number of hydrogen-bond acceptors (Lipinski definition) is 6. The summed E-state index contributed by atoms with van der Waals surface area (Å²) in [6.45, 7) is 0.477. The summed E-state index contributed by atoms with van der Waals surface area (Å²) in [7, 11) is 4.37. The van der Waals surface area contributed by atoms with Crippen molar-refractivity contribution >= 4 is 11.7 Å².